The number of nitrogens with one attached hydrogen (secondary N) is 1. The first-order valence-electron chi connectivity index (χ1n) is 4.96. The Hall–Kier alpha value is -1.53. The minimum Gasteiger partial charge on any atom is -0.383 e. The molecular weight excluding hydrogens is 230 g/mol. The van der Waals surface area contributed by atoms with E-state index in [1.807, 2.05) is 0 Å². The van der Waals surface area contributed by atoms with Crippen LogP contribution in [0.25, 0.3) is 0 Å². The fourth-order valence-electron chi connectivity index (χ4n) is 1.22. The van der Waals surface area contributed by atoms with Gasteiger partial charge >= 0.3 is 0 Å². The van der Waals surface area contributed by atoms with Gasteiger partial charge in [0.1, 0.15) is 17.7 Å². The molecule has 1 amide bonds. The number of ether oxygens (including phenoxy) is 1. The van der Waals surface area contributed by atoms with Gasteiger partial charge in [-0.15, -0.1) is 0 Å². The lowest BCUT2D eigenvalue weighted by atomic mass is 10.2. The largest absolute Gasteiger partial charge is 0.383 e. The Labute approximate surface area is 97.8 Å². The number of amides is 1. The van der Waals surface area contributed by atoms with E-state index in [1.54, 1.807) is 0 Å². The number of carbonyl (C=O) groups is 1. The van der Waals surface area contributed by atoms with Gasteiger partial charge in [0.15, 0.2) is 0 Å². The molecule has 4 nitrogen and oxygen atoms in total. The molecule has 0 aromatic heterocycles. The van der Waals surface area contributed by atoms with Crippen molar-refractivity contribution < 1.29 is 18.3 Å². The highest BCUT2D eigenvalue weighted by Crippen LogP contribution is 2.18. The van der Waals surface area contributed by atoms with Gasteiger partial charge in [-0.3, -0.25) is 4.79 Å². The van der Waals surface area contributed by atoms with Crippen LogP contribution in [0, 0.1) is 18.6 Å². The first-order chi connectivity index (χ1) is 7.95. The molecule has 0 aliphatic rings. The maximum Gasteiger partial charge on any atom is 0.243 e. The summed E-state index contributed by atoms with van der Waals surface area (Å²) in [6.45, 7) is 1.43. The summed E-state index contributed by atoms with van der Waals surface area (Å²) in [5, 5.41) is 2.20. The SMILES string of the molecule is COCC(N)C(=O)Nc1cc(F)c(C)cc1F. The third-order valence-electron chi connectivity index (χ3n) is 2.19. The second-order valence-electron chi connectivity index (χ2n) is 3.63. The summed E-state index contributed by atoms with van der Waals surface area (Å²) in [7, 11) is 1.39. The fourth-order valence-corrected chi connectivity index (χ4v) is 1.22. The Morgan fingerprint density at radius 2 is 2.12 bits per heavy atom. The van der Waals surface area contributed by atoms with Crippen molar-refractivity contribution in [1.29, 1.82) is 0 Å². The van der Waals surface area contributed by atoms with Crippen LogP contribution < -0.4 is 11.1 Å². The third kappa shape index (κ3) is 3.47. The molecule has 17 heavy (non-hydrogen) atoms. The van der Waals surface area contributed by atoms with Gasteiger partial charge in [-0.2, -0.15) is 0 Å². The van der Waals surface area contributed by atoms with Gasteiger partial charge in [0.25, 0.3) is 0 Å². The Morgan fingerprint density at radius 3 is 2.71 bits per heavy atom. The predicted octanol–water partition coefficient (Wildman–Crippen LogP) is 1.19. The van der Waals surface area contributed by atoms with Crippen LogP contribution >= 0.6 is 0 Å². The lowest BCUT2D eigenvalue weighted by molar-refractivity contribution is -0.118. The second-order valence-corrected chi connectivity index (χ2v) is 3.63. The molecule has 1 aromatic carbocycles. The summed E-state index contributed by atoms with van der Waals surface area (Å²) >= 11 is 0. The van der Waals surface area contributed by atoms with Crippen LogP contribution in [0.2, 0.25) is 0 Å². The van der Waals surface area contributed by atoms with Crippen LogP contribution in [-0.4, -0.2) is 25.7 Å². The smallest absolute Gasteiger partial charge is 0.243 e. The molecule has 0 saturated heterocycles. The summed E-state index contributed by atoms with van der Waals surface area (Å²) in [6.07, 6.45) is 0. The molecule has 94 valence electrons. The van der Waals surface area contributed by atoms with Crippen LogP contribution in [0.4, 0.5) is 14.5 Å². The fraction of sp³-hybridized carbons (Fsp3) is 0.364. The Balaban J connectivity index is 2.81. The molecule has 1 unspecified atom stereocenters. The summed E-state index contributed by atoms with van der Waals surface area (Å²) in [5.74, 6) is -1.93. The number of nitrogens with two attached hydrogens (primary N) is 1. The lowest BCUT2D eigenvalue weighted by Crippen LogP contribution is -2.39. The zero-order chi connectivity index (χ0) is 13.0. The number of hydrogen-bond donors (Lipinski definition) is 2. The highest BCUT2D eigenvalue weighted by molar-refractivity contribution is 5.94. The zero-order valence-electron chi connectivity index (χ0n) is 9.59. The number of methoxy groups -OCH3 is 1. The second kappa shape index (κ2) is 5.70. The third-order valence-corrected chi connectivity index (χ3v) is 2.19. The quantitative estimate of drug-likeness (QED) is 0.836. The summed E-state index contributed by atoms with van der Waals surface area (Å²) in [4.78, 5) is 11.4. The van der Waals surface area contributed by atoms with E-state index in [0.717, 1.165) is 12.1 Å². The van der Waals surface area contributed by atoms with Gasteiger partial charge in [0, 0.05) is 13.2 Å². The van der Waals surface area contributed by atoms with Crippen LogP contribution in [0.1, 0.15) is 5.56 Å². The highest BCUT2D eigenvalue weighted by atomic mass is 19.1. The van der Waals surface area contributed by atoms with Gasteiger partial charge in [-0.1, -0.05) is 0 Å². The van der Waals surface area contributed by atoms with E-state index in [1.165, 1.54) is 14.0 Å². The normalized spacial score (nSPS) is 12.3. The number of aryl methyl sites for hydroxylation is 1. The molecule has 0 aliphatic heterocycles. The number of hydrogen-bond acceptors (Lipinski definition) is 3. The predicted molar refractivity (Wildman–Crippen MR) is 59.6 cm³/mol. The maximum absolute atomic E-state index is 13.4. The van der Waals surface area contributed by atoms with Crippen molar-refractivity contribution in [3.05, 3.63) is 29.3 Å². The maximum atomic E-state index is 13.4. The average Bonchev–Trinajstić information content (AvgIpc) is 2.26. The molecule has 0 aliphatic carbocycles. The number of anilines is 1. The monoisotopic (exact) mass is 244 g/mol. The van der Waals surface area contributed by atoms with E-state index in [-0.39, 0.29) is 17.9 Å². The van der Waals surface area contributed by atoms with Gasteiger partial charge in [-0.05, 0) is 18.6 Å². The number of halogens is 2. The molecule has 1 rings (SSSR count). The van der Waals surface area contributed by atoms with E-state index in [9.17, 15) is 13.6 Å². The standard InChI is InChI=1S/C11H14F2N2O2/c1-6-3-8(13)10(4-7(6)12)15-11(16)9(14)5-17-2/h3-4,9H,5,14H2,1-2H3,(H,15,16). The molecule has 0 saturated carbocycles. The van der Waals surface area contributed by atoms with E-state index in [0.29, 0.717) is 0 Å². The molecule has 1 atom stereocenters. The van der Waals surface area contributed by atoms with Crippen molar-refractivity contribution in [2.45, 2.75) is 13.0 Å². The lowest BCUT2D eigenvalue weighted by Gasteiger charge is -2.12. The van der Waals surface area contributed by atoms with Crippen LogP contribution in [-0.2, 0) is 9.53 Å². The van der Waals surface area contributed by atoms with E-state index in [4.69, 9.17) is 5.73 Å². The molecule has 1 aromatic rings. The molecular formula is C11H14F2N2O2. The Morgan fingerprint density at radius 1 is 1.47 bits per heavy atom. The molecule has 3 N–H and O–H groups in total. The summed E-state index contributed by atoms with van der Waals surface area (Å²) in [6, 6.07) is 0.998. The topological polar surface area (TPSA) is 64.3 Å². The van der Waals surface area contributed by atoms with Gasteiger partial charge in [0.2, 0.25) is 5.91 Å². The minimum absolute atomic E-state index is 0.00178. The Bertz CT molecular complexity index is 424. The zero-order valence-corrected chi connectivity index (χ0v) is 9.59. The molecule has 0 radical (unpaired) electrons. The van der Waals surface area contributed by atoms with Crippen LogP contribution in [0.3, 0.4) is 0 Å². The van der Waals surface area contributed by atoms with Crippen LogP contribution in [0.15, 0.2) is 12.1 Å². The van der Waals surface area contributed by atoms with Crippen molar-refractivity contribution in [2.75, 3.05) is 19.0 Å². The van der Waals surface area contributed by atoms with Gasteiger partial charge < -0.3 is 15.8 Å². The van der Waals surface area contributed by atoms with Crippen molar-refractivity contribution in [2.24, 2.45) is 5.73 Å². The van der Waals surface area contributed by atoms with E-state index in [2.05, 4.69) is 10.1 Å². The number of rotatable bonds is 4. The molecule has 6 heteroatoms. The number of carbonyl (C=O) groups excluding carboxylic acids is 1. The van der Waals surface area contributed by atoms with E-state index >= 15 is 0 Å². The van der Waals surface area contributed by atoms with Crippen molar-refractivity contribution >= 4 is 11.6 Å². The first kappa shape index (κ1) is 13.5. The average molecular weight is 244 g/mol. The first-order valence-corrected chi connectivity index (χ1v) is 4.96. The van der Waals surface area contributed by atoms with Gasteiger partial charge in [0.05, 0.1) is 12.3 Å². The molecule has 0 fully saturated rings. The van der Waals surface area contributed by atoms with Crippen molar-refractivity contribution in [3.63, 3.8) is 0 Å². The number of benzene rings is 1. The van der Waals surface area contributed by atoms with Crippen LogP contribution in [0.5, 0.6) is 0 Å². The van der Waals surface area contributed by atoms with Crippen molar-refractivity contribution in [3.8, 4) is 0 Å². The minimum atomic E-state index is -0.927. The summed E-state index contributed by atoms with van der Waals surface area (Å²) in [5.41, 5.74) is 5.38. The molecule has 0 spiro atoms. The summed E-state index contributed by atoms with van der Waals surface area (Å²) < 4.78 is 31.3. The highest BCUT2D eigenvalue weighted by Gasteiger charge is 2.16. The van der Waals surface area contributed by atoms with Crippen molar-refractivity contribution in [1.82, 2.24) is 0 Å². The molecule has 0 bridgehead atoms. The van der Waals surface area contributed by atoms with Gasteiger partial charge in [-0.25, -0.2) is 8.78 Å². The Kier molecular flexibility index (Phi) is 4.53. The van der Waals surface area contributed by atoms with E-state index < -0.39 is 23.6 Å². The molecule has 0 heterocycles.